The molecule has 1 fully saturated rings. The fourth-order valence-electron chi connectivity index (χ4n) is 6.37. The number of ether oxygens (including phenoxy) is 1. The Kier molecular flexibility index (Phi) is 5.89. The number of alkyl halides is 2. The average Bonchev–Trinajstić information content (AvgIpc) is 3.40. The number of ketones is 1. The predicted molar refractivity (Wildman–Crippen MR) is 139 cm³/mol. The van der Waals surface area contributed by atoms with Crippen molar-refractivity contribution in [2.45, 2.75) is 76.7 Å². The summed E-state index contributed by atoms with van der Waals surface area (Å²) >= 11 is 1.51. The van der Waals surface area contributed by atoms with Gasteiger partial charge in [-0.1, -0.05) is 0 Å². The highest BCUT2D eigenvalue weighted by atomic mass is 32.1. The van der Waals surface area contributed by atoms with E-state index in [0.717, 1.165) is 20.7 Å². The van der Waals surface area contributed by atoms with Gasteiger partial charge in [-0.2, -0.15) is 0 Å². The van der Waals surface area contributed by atoms with Crippen LogP contribution in [0.5, 0.6) is 0 Å². The lowest BCUT2D eigenvalue weighted by Crippen LogP contribution is -2.44. The molecule has 0 saturated heterocycles. The van der Waals surface area contributed by atoms with Crippen molar-refractivity contribution < 1.29 is 23.1 Å². The van der Waals surface area contributed by atoms with Crippen LogP contribution in [0.3, 0.4) is 0 Å². The number of halogens is 2. The standard InChI is InChI=1S/C27H28F2N4O4S/c1-3-37-25(36)15-4-5-16-19(11-15)38-23-20(16)22(30-13-31-23)32-17-10-14(2)21-18(34)12-26(33(21)24(17)35)6-8-27(28,29)9-7-26/h10,13,15H,3-9,11-12H2,1-2H3,(H,30,31,32)/t15-/m0/s1. The van der Waals surface area contributed by atoms with Crippen LogP contribution in [0.1, 0.15) is 71.9 Å². The number of aryl methyl sites for hydroxylation is 2. The maximum Gasteiger partial charge on any atom is 0.309 e. The molecule has 0 radical (unpaired) electrons. The molecule has 3 aliphatic rings. The van der Waals surface area contributed by atoms with E-state index < -0.39 is 17.0 Å². The number of fused-ring (bicyclic) bond motifs is 5. The third-order valence-corrected chi connectivity index (χ3v) is 9.41. The Balaban J connectivity index is 1.39. The summed E-state index contributed by atoms with van der Waals surface area (Å²) in [5.41, 5.74) is 0.932. The molecule has 1 aliphatic heterocycles. The van der Waals surface area contributed by atoms with Crippen LogP contribution in [0.2, 0.25) is 0 Å². The first kappa shape index (κ1) is 25.1. The molecule has 200 valence electrons. The van der Waals surface area contributed by atoms with Gasteiger partial charge in [0.25, 0.3) is 5.56 Å². The lowest BCUT2D eigenvalue weighted by molar-refractivity contribution is -0.148. The smallest absolute Gasteiger partial charge is 0.309 e. The summed E-state index contributed by atoms with van der Waals surface area (Å²) in [6.07, 6.45) is 2.87. The lowest BCUT2D eigenvalue weighted by Gasteiger charge is -2.38. The maximum atomic E-state index is 14.0. The summed E-state index contributed by atoms with van der Waals surface area (Å²) in [6.45, 7) is 3.91. The molecule has 3 aromatic rings. The third-order valence-electron chi connectivity index (χ3n) is 8.25. The average molecular weight is 543 g/mol. The largest absolute Gasteiger partial charge is 0.466 e. The molecule has 4 heterocycles. The van der Waals surface area contributed by atoms with E-state index >= 15 is 0 Å². The van der Waals surface area contributed by atoms with E-state index in [4.69, 9.17) is 4.74 Å². The van der Waals surface area contributed by atoms with E-state index in [2.05, 4.69) is 15.3 Å². The van der Waals surface area contributed by atoms with Gasteiger partial charge in [0.2, 0.25) is 5.92 Å². The molecule has 11 heteroatoms. The Morgan fingerprint density at radius 2 is 2.00 bits per heavy atom. The van der Waals surface area contributed by atoms with Crippen molar-refractivity contribution in [3.63, 3.8) is 0 Å². The molecule has 8 nitrogen and oxygen atoms in total. The molecule has 1 N–H and O–H groups in total. The van der Waals surface area contributed by atoms with Gasteiger partial charge in [0, 0.05) is 24.1 Å². The van der Waals surface area contributed by atoms with Crippen LogP contribution >= 0.6 is 11.3 Å². The van der Waals surface area contributed by atoms with Crippen molar-refractivity contribution in [2.24, 2.45) is 5.92 Å². The summed E-state index contributed by atoms with van der Waals surface area (Å²) in [5, 5.41) is 4.02. The molecule has 0 unspecified atom stereocenters. The quantitative estimate of drug-likeness (QED) is 0.460. The van der Waals surface area contributed by atoms with Gasteiger partial charge in [-0.05, 0) is 63.1 Å². The highest BCUT2D eigenvalue weighted by Gasteiger charge is 2.51. The molecule has 38 heavy (non-hydrogen) atoms. The zero-order chi connectivity index (χ0) is 26.8. The number of nitrogens with one attached hydrogen (secondary N) is 1. The van der Waals surface area contributed by atoms with E-state index in [-0.39, 0.29) is 55.5 Å². The van der Waals surface area contributed by atoms with Crippen molar-refractivity contribution in [2.75, 3.05) is 11.9 Å². The van der Waals surface area contributed by atoms with Crippen molar-refractivity contribution >= 4 is 44.8 Å². The van der Waals surface area contributed by atoms with Crippen LogP contribution in [0.4, 0.5) is 20.3 Å². The van der Waals surface area contributed by atoms with Crippen molar-refractivity contribution in [3.05, 3.63) is 44.4 Å². The minimum atomic E-state index is -2.78. The number of thiophene rings is 1. The van der Waals surface area contributed by atoms with Crippen molar-refractivity contribution in [3.8, 4) is 0 Å². The fourth-order valence-corrected chi connectivity index (χ4v) is 7.64. The van der Waals surface area contributed by atoms with Crippen molar-refractivity contribution in [1.82, 2.24) is 14.5 Å². The predicted octanol–water partition coefficient (Wildman–Crippen LogP) is 5.06. The minimum absolute atomic E-state index is 0.0695. The van der Waals surface area contributed by atoms with Crippen LogP contribution in [-0.4, -0.2) is 38.8 Å². The molecular formula is C27H28F2N4O4S. The summed E-state index contributed by atoms with van der Waals surface area (Å²) in [4.78, 5) is 49.8. The number of Topliss-reactive ketones (excluding diaryl/α,β-unsaturated/α-hetero) is 1. The summed E-state index contributed by atoms with van der Waals surface area (Å²) in [6, 6.07) is 1.64. The SMILES string of the molecule is CCOC(=O)[C@H]1CCc2c(sc3ncnc(Nc4cc(C)c5n(c4=O)C4(CCC(F)(F)CC4)CC5=O)c23)C1. The number of carbonyl (C=O) groups excluding carboxylic acids is 2. The number of hydrogen-bond donors (Lipinski definition) is 1. The Morgan fingerprint density at radius 3 is 2.74 bits per heavy atom. The monoisotopic (exact) mass is 542 g/mol. The van der Waals surface area contributed by atoms with Gasteiger partial charge >= 0.3 is 5.97 Å². The second kappa shape index (κ2) is 8.93. The summed E-state index contributed by atoms with van der Waals surface area (Å²) < 4.78 is 34.7. The van der Waals surface area contributed by atoms with Crippen LogP contribution in [-0.2, 0) is 27.9 Å². The van der Waals surface area contributed by atoms with Gasteiger partial charge in [0.1, 0.15) is 22.7 Å². The Labute approximate surface area is 221 Å². The molecule has 1 atom stereocenters. The zero-order valence-corrected chi connectivity index (χ0v) is 22.1. The van der Waals surface area contributed by atoms with Crippen LogP contribution in [0.15, 0.2) is 17.2 Å². The van der Waals surface area contributed by atoms with E-state index in [1.54, 1.807) is 19.9 Å². The molecule has 6 rings (SSSR count). The van der Waals surface area contributed by atoms with Crippen LogP contribution in [0, 0.1) is 12.8 Å². The Morgan fingerprint density at radius 1 is 1.24 bits per heavy atom. The van der Waals surface area contributed by atoms with E-state index in [0.29, 0.717) is 42.9 Å². The molecular weight excluding hydrogens is 514 g/mol. The lowest BCUT2D eigenvalue weighted by atomic mass is 9.78. The topological polar surface area (TPSA) is 103 Å². The van der Waals surface area contributed by atoms with Gasteiger partial charge in [-0.15, -0.1) is 11.3 Å². The maximum absolute atomic E-state index is 14.0. The number of carbonyl (C=O) groups is 2. The molecule has 0 bridgehead atoms. The molecule has 1 spiro atoms. The van der Waals surface area contributed by atoms with Crippen LogP contribution < -0.4 is 10.9 Å². The van der Waals surface area contributed by atoms with Gasteiger partial charge in [0.15, 0.2) is 5.78 Å². The first-order valence-electron chi connectivity index (χ1n) is 13.0. The normalized spacial score (nSPS) is 21.4. The number of anilines is 2. The summed E-state index contributed by atoms with van der Waals surface area (Å²) in [7, 11) is 0. The first-order chi connectivity index (χ1) is 18.1. The molecule has 2 aliphatic carbocycles. The number of rotatable bonds is 4. The number of nitrogens with zero attached hydrogens (tertiary/aromatic N) is 3. The van der Waals surface area contributed by atoms with Gasteiger partial charge in [-0.25, -0.2) is 18.7 Å². The molecule has 0 amide bonds. The number of pyridine rings is 1. The molecule has 1 saturated carbocycles. The highest BCUT2D eigenvalue weighted by Crippen LogP contribution is 2.48. The minimum Gasteiger partial charge on any atom is -0.466 e. The first-order valence-corrected chi connectivity index (χ1v) is 13.8. The van der Waals surface area contributed by atoms with Gasteiger partial charge < -0.3 is 10.1 Å². The Hall–Kier alpha value is -3.21. The molecule has 3 aromatic heterocycles. The number of hydrogen-bond acceptors (Lipinski definition) is 8. The number of esters is 1. The second-order valence-corrected chi connectivity index (χ2v) is 11.7. The van der Waals surface area contributed by atoms with Gasteiger partial charge in [-0.3, -0.25) is 19.0 Å². The van der Waals surface area contributed by atoms with Gasteiger partial charge in [0.05, 0.1) is 29.1 Å². The fraction of sp³-hybridized carbons (Fsp3) is 0.519. The zero-order valence-electron chi connectivity index (χ0n) is 21.2. The van der Waals surface area contributed by atoms with Crippen molar-refractivity contribution in [1.29, 1.82) is 0 Å². The summed E-state index contributed by atoms with van der Waals surface area (Å²) in [5.74, 6) is -2.86. The highest BCUT2D eigenvalue weighted by molar-refractivity contribution is 7.19. The van der Waals surface area contributed by atoms with E-state index in [9.17, 15) is 23.2 Å². The van der Waals surface area contributed by atoms with E-state index in [1.165, 1.54) is 22.2 Å². The van der Waals surface area contributed by atoms with Crippen LogP contribution in [0.25, 0.3) is 10.2 Å². The van der Waals surface area contributed by atoms with E-state index in [1.807, 2.05) is 0 Å². The second-order valence-electron chi connectivity index (χ2n) is 10.6. The molecule has 0 aromatic carbocycles. The number of aromatic nitrogens is 3. The Bertz CT molecular complexity index is 1540. The third kappa shape index (κ3) is 3.93.